The monoisotopic (exact) mass is 312 g/mol. The lowest BCUT2D eigenvalue weighted by Gasteiger charge is -2.15. The first-order valence-corrected chi connectivity index (χ1v) is 10.1. The maximum absolute atomic E-state index is 3.90. The van der Waals surface area contributed by atoms with Crippen molar-refractivity contribution in [2.24, 2.45) is 0 Å². The summed E-state index contributed by atoms with van der Waals surface area (Å²) >= 11 is 0. The van der Waals surface area contributed by atoms with E-state index in [-0.39, 0.29) is 0 Å². The van der Waals surface area contributed by atoms with Gasteiger partial charge in [-0.15, -0.1) is 24.2 Å². The SMILES string of the molecule is C=CC[Si](C#Cc1ccccc1)(C#Cc1ccccc1)CC=C. The minimum atomic E-state index is -2.12. The van der Waals surface area contributed by atoms with E-state index in [0.29, 0.717) is 0 Å². The molecule has 0 aliphatic carbocycles. The van der Waals surface area contributed by atoms with Gasteiger partial charge in [-0.2, -0.15) is 0 Å². The molecule has 0 bridgehead atoms. The normalized spacial score (nSPS) is 9.74. The van der Waals surface area contributed by atoms with Crippen molar-refractivity contribution in [3.05, 3.63) is 97.1 Å². The van der Waals surface area contributed by atoms with E-state index in [4.69, 9.17) is 0 Å². The molecule has 23 heavy (non-hydrogen) atoms. The van der Waals surface area contributed by atoms with Crippen molar-refractivity contribution in [2.75, 3.05) is 0 Å². The van der Waals surface area contributed by atoms with Crippen LogP contribution in [0.5, 0.6) is 0 Å². The van der Waals surface area contributed by atoms with Gasteiger partial charge < -0.3 is 0 Å². The highest BCUT2D eigenvalue weighted by Gasteiger charge is 2.26. The van der Waals surface area contributed by atoms with Crippen LogP contribution in [0.1, 0.15) is 11.1 Å². The standard InChI is InChI=1S/C22H20Si/c1-3-17-23(18-4-2,19-15-21-11-7-5-8-12-21)20-16-22-13-9-6-10-14-22/h3-14H,1-2,17-18H2. The molecule has 112 valence electrons. The fraction of sp³-hybridized carbons (Fsp3) is 0.0909. The molecule has 0 saturated carbocycles. The lowest BCUT2D eigenvalue weighted by molar-refractivity contribution is 1.52. The molecular weight excluding hydrogens is 292 g/mol. The summed E-state index contributed by atoms with van der Waals surface area (Å²) in [6.07, 6.45) is 3.88. The molecule has 0 spiro atoms. The van der Waals surface area contributed by atoms with Crippen molar-refractivity contribution in [3.8, 4) is 22.9 Å². The summed E-state index contributed by atoms with van der Waals surface area (Å²) in [6, 6.07) is 21.8. The van der Waals surface area contributed by atoms with Crippen LogP contribution in [0.15, 0.2) is 86.0 Å². The van der Waals surface area contributed by atoms with Crippen LogP contribution in [0.3, 0.4) is 0 Å². The Morgan fingerprint density at radius 1 is 0.696 bits per heavy atom. The molecule has 0 heterocycles. The van der Waals surface area contributed by atoms with Gasteiger partial charge in [0.25, 0.3) is 0 Å². The summed E-state index contributed by atoms with van der Waals surface area (Å²) in [4.78, 5) is 0. The van der Waals surface area contributed by atoms with Crippen LogP contribution in [-0.2, 0) is 0 Å². The van der Waals surface area contributed by atoms with Gasteiger partial charge in [0, 0.05) is 11.1 Å². The zero-order valence-corrected chi connectivity index (χ0v) is 14.3. The van der Waals surface area contributed by atoms with Crippen LogP contribution in [0, 0.1) is 22.9 Å². The van der Waals surface area contributed by atoms with Crippen molar-refractivity contribution >= 4 is 8.07 Å². The number of benzene rings is 2. The minimum Gasteiger partial charge on any atom is -0.109 e. The first-order chi connectivity index (χ1) is 11.3. The first-order valence-electron chi connectivity index (χ1n) is 7.66. The molecule has 0 unspecified atom stereocenters. The van der Waals surface area contributed by atoms with Gasteiger partial charge in [0.15, 0.2) is 0 Å². The Hall–Kier alpha value is -2.74. The molecule has 0 fully saturated rings. The second-order valence-electron chi connectivity index (χ2n) is 5.30. The summed E-state index contributed by atoms with van der Waals surface area (Å²) < 4.78 is 0. The maximum atomic E-state index is 3.90. The molecule has 0 atom stereocenters. The molecule has 0 amide bonds. The van der Waals surface area contributed by atoms with Crippen molar-refractivity contribution in [1.82, 2.24) is 0 Å². The summed E-state index contributed by atoms with van der Waals surface area (Å²) in [6.45, 7) is 7.81. The van der Waals surface area contributed by atoms with E-state index in [1.807, 2.05) is 72.8 Å². The summed E-state index contributed by atoms with van der Waals surface area (Å²) in [5.41, 5.74) is 9.04. The van der Waals surface area contributed by atoms with E-state index in [9.17, 15) is 0 Å². The van der Waals surface area contributed by atoms with E-state index < -0.39 is 8.07 Å². The topological polar surface area (TPSA) is 0 Å². The Labute approximate surface area is 140 Å². The van der Waals surface area contributed by atoms with Gasteiger partial charge in [-0.3, -0.25) is 0 Å². The predicted molar refractivity (Wildman–Crippen MR) is 102 cm³/mol. The molecule has 0 N–H and O–H groups in total. The average Bonchev–Trinajstić information content (AvgIpc) is 2.60. The zero-order chi connectivity index (χ0) is 16.4. The fourth-order valence-corrected chi connectivity index (χ4v) is 4.63. The van der Waals surface area contributed by atoms with Crippen LogP contribution in [-0.4, -0.2) is 8.07 Å². The molecule has 1 heteroatoms. The van der Waals surface area contributed by atoms with Crippen molar-refractivity contribution in [3.63, 3.8) is 0 Å². The summed E-state index contributed by atoms with van der Waals surface area (Å²) in [7, 11) is -2.12. The minimum absolute atomic E-state index is 0.846. The molecule has 0 aliphatic rings. The number of hydrogen-bond donors (Lipinski definition) is 0. The third-order valence-corrected chi connectivity index (χ3v) is 6.60. The molecule has 2 aromatic carbocycles. The smallest absolute Gasteiger partial charge is 0.109 e. The van der Waals surface area contributed by atoms with Gasteiger partial charge in [-0.25, -0.2) is 0 Å². The molecule has 0 aliphatic heterocycles. The Bertz CT molecular complexity index is 695. The number of hydrogen-bond acceptors (Lipinski definition) is 0. The third kappa shape index (κ3) is 5.18. The van der Waals surface area contributed by atoms with Crippen LogP contribution < -0.4 is 0 Å². The van der Waals surface area contributed by atoms with Crippen LogP contribution in [0.4, 0.5) is 0 Å². The zero-order valence-electron chi connectivity index (χ0n) is 13.3. The molecule has 2 rings (SSSR count). The second kappa shape index (κ2) is 8.64. The van der Waals surface area contributed by atoms with Crippen LogP contribution in [0.2, 0.25) is 12.1 Å². The highest BCUT2D eigenvalue weighted by molar-refractivity contribution is 6.94. The molecule has 0 nitrogen and oxygen atoms in total. The average molecular weight is 312 g/mol. The van der Waals surface area contributed by atoms with Crippen LogP contribution in [0.25, 0.3) is 0 Å². The molecule has 0 saturated heterocycles. The highest BCUT2D eigenvalue weighted by Crippen LogP contribution is 2.16. The van der Waals surface area contributed by atoms with Crippen molar-refractivity contribution < 1.29 is 0 Å². The largest absolute Gasteiger partial charge is 0.224 e. The van der Waals surface area contributed by atoms with E-state index >= 15 is 0 Å². The lowest BCUT2D eigenvalue weighted by Crippen LogP contribution is -2.30. The van der Waals surface area contributed by atoms with Crippen molar-refractivity contribution in [1.29, 1.82) is 0 Å². The Morgan fingerprint density at radius 2 is 1.09 bits per heavy atom. The number of allylic oxidation sites excluding steroid dienone is 2. The number of rotatable bonds is 4. The van der Waals surface area contributed by atoms with Gasteiger partial charge in [-0.1, -0.05) is 60.4 Å². The first kappa shape index (κ1) is 16.6. The molecule has 2 aromatic rings. The van der Waals surface area contributed by atoms with E-state index in [1.165, 1.54) is 0 Å². The summed E-state index contributed by atoms with van der Waals surface area (Å²) in [5, 5.41) is 0. The van der Waals surface area contributed by atoms with Gasteiger partial charge in [0.05, 0.1) is 0 Å². The van der Waals surface area contributed by atoms with E-state index in [1.54, 1.807) is 0 Å². The second-order valence-corrected chi connectivity index (χ2v) is 8.78. The quantitative estimate of drug-likeness (QED) is 0.424. The molecule has 0 aromatic heterocycles. The van der Waals surface area contributed by atoms with Crippen LogP contribution >= 0.6 is 0 Å². The van der Waals surface area contributed by atoms with E-state index in [0.717, 1.165) is 23.2 Å². The Balaban J connectivity index is 2.40. The fourth-order valence-electron chi connectivity index (χ4n) is 2.24. The highest BCUT2D eigenvalue weighted by atomic mass is 28.3. The predicted octanol–water partition coefficient (Wildman–Crippen LogP) is 4.99. The molecular formula is C22H20Si. The third-order valence-electron chi connectivity index (χ3n) is 3.43. The summed E-state index contributed by atoms with van der Waals surface area (Å²) in [5.74, 6) is 6.61. The Morgan fingerprint density at radius 3 is 1.43 bits per heavy atom. The van der Waals surface area contributed by atoms with Crippen molar-refractivity contribution in [2.45, 2.75) is 12.1 Å². The van der Waals surface area contributed by atoms with E-state index in [2.05, 4.69) is 36.1 Å². The maximum Gasteiger partial charge on any atom is 0.224 e. The Kier molecular flexibility index (Phi) is 6.24. The molecule has 0 radical (unpaired) electrons. The van der Waals surface area contributed by atoms with Gasteiger partial charge in [0.1, 0.15) is 0 Å². The van der Waals surface area contributed by atoms with Gasteiger partial charge in [0.2, 0.25) is 8.07 Å². The van der Waals surface area contributed by atoms with Gasteiger partial charge >= 0.3 is 0 Å². The lowest BCUT2D eigenvalue weighted by atomic mass is 10.2. The van der Waals surface area contributed by atoms with Gasteiger partial charge in [-0.05, 0) is 36.4 Å².